The average Bonchev–Trinajstić information content (AvgIpc) is 2.65. The van der Waals surface area contributed by atoms with Crippen LogP contribution in [0, 0.1) is 20.8 Å². The molecule has 0 aliphatic carbocycles. The van der Waals surface area contributed by atoms with Crippen LogP contribution in [0.15, 0.2) is 36.4 Å². The summed E-state index contributed by atoms with van der Waals surface area (Å²) in [4.78, 5) is 25.4. The first kappa shape index (κ1) is 24.4. The minimum atomic E-state index is -3.74. The number of anilines is 2. The molecule has 1 N–H and O–H groups in total. The standard InChI is InChI=1S/C23H30N2O5S/c1-7-21(25(31(6,28)29)18-13-15(3)12-16(4)14-18)22(26)24-20-11-9-10-19(17(20)5)23(27)30-8-2/h9-14,21H,7-8H2,1-6H3,(H,24,26). The van der Waals surface area contributed by atoms with Gasteiger partial charge in [0.2, 0.25) is 15.9 Å². The second-order valence-corrected chi connectivity index (χ2v) is 9.38. The number of carbonyl (C=O) groups is 2. The van der Waals surface area contributed by atoms with Gasteiger partial charge in [0.1, 0.15) is 6.04 Å². The van der Waals surface area contributed by atoms with Crippen molar-refractivity contribution in [2.24, 2.45) is 0 Å². The summed E-state index contributed by atoms with van der Waals surface area (Å²) in [6, 6.07) is 9.42. The Kier molecular flexibility index (Phi) is 7.84. The fourth-order valence-corrected chi connectivity index (χ4v) is 4.75. The number of esters is 1. The number of hydrogen-bond donors (Lipinski definition) is 1. The van der Waals surface area contributed by atoms with Gasteiger partial charge in [-0.3, -0.25) is 9.10 Å². The van der Waals surface area contributed by atoms with E-state index in [1.807, 2.05) is 19.9 Å². The largest absolute Gasteiger partial charge is 0.462 e. The van der Waals surface area contributed by atoms with E-state index in [1.54, 1.807) is 51.1 Å². The van der Waals surface area contributed by atoms with Gasteiger partial charge in [-0.2, -0.15) is 0 Å². The van der Waals surface area contributed by atoms with Gasteiger partial charge in [0.15, 0.2) is 0 Å². The fraction of sp³-hybridized carbons (Fsp3) is 0.391. The van der Waals surface area contributed by atoms with Crippen LogP contribution in [-0.4, -0.2) is 39.2 Å². The van der Waals surface area contributed by atoms with E-state index in [4.69, 9.17) is 4.74 Å². The van der Waals surface area contributed by atoms with Crippen LogP contribution in [0.4, 0.5) is 11.4 Å². The van der Waals surface area contributed by atoms with E-state index < -0.39 is 27.9 Å². The molecule has 0 saturated heterocycles. The highest BCUT2D eigenvalue weighted by atomic mass is 32.2. The molecule has 31 heavy (non-hydrogen) atoms. The van der Waals surface area contributed by atoms with E-state index in [-0.39, 0.29) is 13.0 Å². The number of carbonyl (C=O) groups excluding carboxylic acids is 2. The maximum atomic E-state index is 13.2. The molecular formula is C23H30N2O5S. The fourth-order valence-electron chi connectivity index (χ4n) is 3.56. The molecule has 0 radical (unpaired) electrons. The number of sulfonamides is 1. The molecule has 168 valence electrons. The number of rotatable bonds is 8. The van der Waals surface area contributed by atoms with E-state index in [2.05, 4.69) is 5.32 Å². The van der Waals surface area contributed by atoms with Crippen LogP contribution in [0.5, 0.6) is 0 Å². The Labute approximate surface area is 184 Å². The van der Waals surface area contributed by atoms with Gasteiger partial charge in [-0.25, -0.2) is 13.2 Å². The molecular weight excluding hydrogens is 416 g/mol. The second kappa shape index (κ2) is 9.96. The first-order chi connectivity index (χ1) is 14.5. The highest BCUT2D eigenvalue weighted by Gasteiger charge is 2.32. The maximum Gasteiger partial charge on any atom is 0.338 e. The third kappa shape index (κ3) is 5.85. The zero-order chi connectivity index (χ0) is 23.3. The Hall–Kier alpha value is -2.87. The van der Waals surface area contributed by atoms with Crippen LogP contribution in [0.1, 0.15) is 47.3 Å². The van der Waals surface area contributed by atoms with Crippen molar-refractivity contribution < 1.29 is 22.7 Å². The molecule has 1 amide bonds. The van der Waals surface area contributed by atoms with Crippen LogP contribution in [-0.2, 0) is 19.6 Å². The molecule has 1 atom stereocenters. The molecule has 0 aliphatic rings. The van der Waals surface area contributed by atoms with Crippen LogP contribution < -0.4 is 9.62 Å². The van der Waals surface area contributed by atoms with Crippen LogP contribution in [0.25, 0.3) is 0 Å². The molecule has 2 rings (SSSR count). The predicted octanol–water partition coefficient (Wildman–Crippen LogP) is 3.97. The smallest absolute Gasteiger partial charge is 0.338 e. The van der Waals surface area contributed by atoms with Crippen molar-refractivity contribution in [3.63, 3.8) is 0 Å². The summed E-state index contributed by atoms with van der Waals surface area (Å²) in [5, 5.41) is 2.80. The maximum absolute atomic E-state index is 13.2. The van der Waals surface area contributed by atoms with Gasteiger partial charge in [0.25, 0.3) is 0 Å². The van der Waals surface area contributed by atoms with Gasteiger partial charge in [-0.05, 0) is 75.1 Å². The van der Waals surface area contributed by atoms with Gasteiger partial charge in [0, 0.05) is 5.69 Å². The molecule has 2 aromatic rings. The van der Waals surface area contributed by atoms with Crippen molar-refractivity contribution in [2.45, 2.75) is 47.1 Å². The van der Waals surface area contributed by atoms with E-state index in [9.17, 15) is 18.0 Å². The number of benzene rings is 2. The summed E-state index contributed by atoms with van der Waals surface area (Å²) in [5.41, 5.74) is 3.58. The number of amides is 1. The summed E-state index contributed by atoms with van der Waals surface area (Å²) < 4.78 is 31.6. The van der Waals surface area contributed by atoms with Gasteiger partial charge >= 0.3 is 5.97 Å². The molecule has 0 heterocycles. The van der Waals surface area contributed by atoms with E-state index in [0.29, 0.717) is 22.5 Å². The topological polar surface area (TPSA) is 92.8 Å². The third-order valence-corrected chi connectivity index (χ3v) is 6.06. The van der Waals surface area contributed by atoms with Crippen molar-refractivity contribution >= 4 is 33.3 Å². The van der Waals surface area contributed by atoms with Crippen molar-refractivity contribution in [3.05, 3.63) is 58.7 Å². The third-order valence-electron chi connectivity index (χ3n) is 4.88. The quantitative estimate of drug-likeness (QED) is 0.620. The molecule has 0 fully saturated rings. The minimum Gasteiger partial charge on any atom is -0.462 e. The zero-order valence-corrected chi connectivity index (χ0v) is 19.7. The van der Waals surface area contributed by atoms with Gasteiger partial charge in [0.05, 0.1) is 24.1 Å². The monoisotopic (exact) mass is 446 g/mol. The van der Waals surface area contributed by atoms with E-state index in [1.165, 1.54) is 0 Å². The molecule has 0 aromatic heterocycles. The Morgan fingerprint density at radius 1 is 1.06 bits per heavy atom. The van der Waals surface area contributed by atoms with Crippen molar-refractivity contribution in [3.8, 4) is 0 Å². The first-order valence-corrected chi connectivity index (χ1v) is 12.0. The first-order valence-electron chi connectivity index (χ1n) is 10.1. The number of aryl methyl sites for hydroxylation is 2. The van der Waals surface area contributed by atoms with Crippen molar-refractivity contribution in [2.75, 3.05) is 22.5 Å². The van der Waals surface area contributed by atoms with Crippen LogP contribution >= 0.6 is 0 Å². The van der Waals surface area contributed by atoms with Crippen LogP contribution in [0.3, 0.4) is 0 Å². The van der Waals surface area contributed by atoms with E-state index in [0.717, 1.165) is 21.7 Å². The average molecular weight is 447 g/mol. The lowest BCUT2D eigenvalue weighted by molar-refractivity contribution is -0.117. The van der Waals surface area contributed by atoms with Gasteiger partial charge in [-0.1, -0.05) is 19.1 Å². The number of hydrogen-bond acceptors (Lipinski definition) is 5. The highest BCUT2D eigenvalue weighted by Crippen LogP contribution is 2.27. The molecule has 7 nitrogen and oxygen atoms in total. The lowest BCUT2D eigenvalue weighted by Crippen LogP contribution is -2.47. The van der Waals surface area contributed by atoms with E-state index >= 15 is 0 Å². The van der Waals surface area contributed by atoms with Crippen molar-refractivity contribution in [1.29, 1.82) is 0 Å². The zero-order valence-electron chi connectivity index (χ0n) is 18.9. The lowest BCUT2D eigenvalue weighted by Gasteiger charge is -2.30. The molecule has 2 aromatic carbocycles. The number of nitrogens with zero attached hydrogens (tertiary/aromatic N) is 1. The molecule has 8 heteroatoms. The van der Waals surface area contributed by atoms with Gasteiger partial charge < -0.3 is 10.1 Å². The number of nitrogens with one attached hydrogen (secondary N) is 1. The summed E-state index contributed by atoms with van der Waals surface area (Å²) in [5.74, 6) is -0.952. The molecule has 1 unspecified atom stereocenters. The summed E-state index contributed by atoms with van der Waals surface area (Å²) in [6.45, 7) is 9.18. The van der Waals surface area contributed by atoms with Crippen LogP contribution in [0.2, 0.25) is 0 Å². The van der Waals surface area contributed by atoms with Crippen molar-refractivity contribution in [1.82, 2.24) is 0 Å². The Balaban J connectivity index is 2.44. The Bertz CT molecular complexity index is 1060. The lowest BCUT2D eigenvalue weighted by atomic mass is 10.1. The Morgan fingerprint density at radius 2 is 1.68 bits per heavy atom. The number of ether oxygens (including phenoxy) is 1. The summed E-state index contributed by atoms with van der Waals surface area (Å²) in [7, 11) is -3.74. The highest BCUT2D eigenvalue weighted by molar-refractivity contribution is 7.92. The second-order valence-electron chi connectivity index (χ2n) is 7.52. The molecule has 0 bridgehead atoms. The molecule has 0 aliphatic heterocycles. The predicted molar refractivity (Wildman–Crippen MR) is 123 cm³/mol. The SMILES string of the molecule is CCOC(=O)c1cccc(NC(=O)C(CC)N(c2cc(C)cc(C)c2)S(C)(=O)=O)c1C. The van der Waals surface area contributed by atoms with Gasteiger partial charge in [-0.15, -0.1) is 0 Å². The summed E-state index contributed by atoms with van der Waals surface area (Å²) >= 11 is 0. The normalized spacial score (nSPS) is 12.2. The Morgan fingerprint density at radius 3 is 2.19 bits per heavy atom. The minimum absolute atomic E-state index is 0.242. The molecule has 0 spiro atoms. The summed E-state index contributed by atoms with van der Waals surface area (Å²) in [6.07, 6.45) is 1.36. The molecule has 0 saturated carbocycles.